The summed E-state index contributed by atoms with van der Waals surface area (Å²) in [7, 11) is 1.55. The molecule has 0 aliphatic carbocycles. The van der Waals surface area contributed by atoms with Crippen LogP contribution in [0.3, 0.4) is 0 Å². The smallest absolute Gasteiger partial charge is 0.188 e. The molecule has 0 aliphatic rings. The number of fused-ring (bicyclic) bond motifs is 1. The van der Waals surface area contributed by atoms with Crippen molar-refractivity contribution in [3.63, 3.8) is 0 Å². The predicted molar refractivity (Wildman–Crippen MR) is 76.2 cm³/mol. The van der Waals surface area contributed by atoms with Gasteiger partial charge in [0.1, 0.15) is 5.75 Å². The molecule has 3 nitrogen and oxygen atoms in total. The van der Waals surface area contributed by atoms with Crippen LogP contribution in [0.5, 0.6) is 5.75 Å². The van der Waals surface area contributed by atoms with Gasteiger partial charge in [-0.15, -0.1) is 0 Å². The molecule has 0 fully saturated rings. The molecule has 4 heteroatoms. The molecule has 2 aromatic carbocycles. The van der Waals surface area contributed by atoms with Gasteiger partial charge in [0.05, 0.1) is 5.02 Å². The van der Waals surface area contributed by atoms with Crippen LogP contribution in [0.2, 0.25) is 5.02 Å². The lowest BCUT2D eigenvalue weighted by molar-refractivity contribution is 0.0523. The second-order valence-electron chi connectivity index (χ2n) is 4.14. The summed E-state index contributed by atoms with van der Waals surface area (Å²) in [6.07, 6.45) is 1.65. The van der Waals surface area contributed by atoms with E-state index >= 15 is 0 Å². The number of hydrogen-bond donors (Lipinski definition) is 0. The van der Waals surface area contributed by atoms with Crippen molar-refractivity contribution in [1.29, 1.82) is 0 Å². The van der Waals surface area contributed by atoms with E-state index in [0.29, 0.717) is 16.3 Å². The normalized spacial score (nSPS) is 10.7. The highest BCUT2D eigenvalue weighted by atomic mass is 35.5. The molecule has 0 amide bonds. The SMILES string of the molecule is CCc1cccc2c(C=O)cc(Cl)c(OCOC)c12. The Morgan fingerprint density at radius 1 is 1.37 bits per heavy atom. The molecule has 0 spiro atoms. The van der Waals surface area contributed by atoms with E-state index in [1.54, 1.807) is 13.2 Å². The lowest BCUT2D eigenvalue weighted by atomic mass is 9.98. The maximum Gasteiger partial charge on any atom is 0.188 e. The Labute approximate surface area is 117 Å². The Bertz CT molecular complexity index is 608. The number of benzene rings is 2. The molecule has 0 N–H and O–H groups in total. The quantitative estimate of drug-likeness (QED) is 0.615. The van der Waals surface area contributed by atoms with Gasteiger partial charge in [0, 0.05) is 18.1 Å². The number of carbonyl (C=O) groups is 1. The molecule has 2 rings (SSSR count). The van der Waals surface area contributed by atoms with E-state index in [9.17, 15) is 4.79 Å². The number of rotatable bonds is 5. The number of hydrogen-bond acceptors (Lipinski definition) is 3. The van der Waals surface area contributed by atoms with Gasteiger partial charge in [0.2, 0.25) is 0 Å². The number of methoxy groups -OCH3 is 1. The number of carbonyl (C=O) groups excluding carboxylic acids is 1. The van der Waals surface area contributed by atoms with Crippen LogP contribution in [-0.2, 0) is 11.2 Å². The van der Waals surface area contributed by atoms with Crippen LogP contribution >= 0.6 is 11.6 Å². The molecule has 0 radical (unpaired) electrons. The minimum Gasteiger partial charge on any atom is -0.465 e. The van der Waals surface area contributed by atoms with Crippen molar-refractivity contribution < 1.29 is 14.3 Å². The molecule has 0 bridgehead atoms. The molecule has 0 heterocycles. The number of aldehydes is 1. The first-order chi connectivity index (χ1) is 9.22. The number of aryl methyl sites for hydroxylation is 1. The van der Waals surface area contributed by atoms with E-state index in [2.05, 4.69) is 6.92 Å². The summed E-state index contributed by atoms with van der Waals surface area (Å²) in [6.45, 7) is 2.17. The van der Waals surface area contributed by atoms with Crippen molar-refractivity contribution in [3.05, 3.63) is 40.4 Å². The Kier molecular flexibility index (Phi) is 4.40. The molecule has 0 saturated heterocycles. The average Bonchev–Trinajstić information content (AvgIpc) is 2.45. The molecular weight excluding hydrogens is 264 g/mol. The minimum atomic E-state index is 0.118. The van der Waals surface area contributed by atoms with Gasteiger partial charge in [0.15, 0.2) is 13.1 Å². The molecule has 0 atom stereocenters. The monoisotopic (exact) mass is 278 g/mol. The standard InChI is InChI=1S/C15H15ClO3/c1-3-10-5-4-6-12-11(8-17)7-13(16)15(14(10)12)19-9-18-2/h4-8H,3,9H2,1-2H3. The summed E-state index contributed by atoms with van der Waals surface area (Å²) < 4.78 is 10.5. The second-order valence-corrected chi connectivity index (χ2v) is 4.55. The summed E-state index contributed by atoms with van der Waals surface area (Å²) in [4.78, 5) is 11.2. The topological polar surface area (TPSA) is 35.5 Å². The molecular formula is C15H15ClO3. The van der Waals surface area contributed by atoms with Crippen LogP contribution in [0.4, 0.5) is 0 Å². The van der Waals surface area contributed by atoms with E-state index < -0.39 is 0 Å². The Balaban J connectivity index is 2.78. The van der Waals surface area contributed by atoms with Crippen molar-refractivity contribution in [2.24, 2.45) is 0 Å². The van der Waals surface area contributed by atoms with Crippen molar-refractivity contribution in [2.75, 3.05) is 13.9 Å². The van der Waals surface area contributed by atoms with Crippen molar-refractivity contribution in [2.45, 2.75) is 13.3 Å². The zero-order valence-electron chi connectivity index (χ0n) is 10.9. The van der Waals surface area contributed by atoms with Crippen LogP contribution < -0.4 is 4.74 Å². The summed E-state index contributed by atoms with van der Waals surface area (Å²) >= 11 is 6.21. The largest absolute Gasteiger partial charge is 0.465 e. The zero-order valence-corrected chi connectivity index (χ0v) is 11.7. The van der Waals surface area contributed by atoms with E-state index in [4.69, 9.17) is 21.1 Å². The van der Waals surface area contributed by atoms with Crippen LogP contribution in [-0.4, -0.2) is 20.2 Å². The lowest BCUT2D eigenvalue weighted by Gasteiger charge is -2.14. The Hall–Kier alpha value is -1.58. The highest BCUT2D eigenvalue weighted by Crippen LogP contribution is 2.37. The summed E-state index contributed by atoms with van der Waals surface area (Å²) in [6, 6.07) is 7.46. The van der Waals surface area contributed by atoms with Gasteiger partial charge in [-0.25, -0.2) is 0 Å². The fraction of sp³-hybridized carbons (Fsp3) is 0.267. The first-order valence-electron chi connectivity index (χ1n) is 6.04. The number of ether oxygens (including phenoxy) is 2. The molecule has 0 aliphatic heterocycles. The van der Waals surface area contributed by atoms with E-state index in [0.717, 1.165) is 29.0 Å². The van der Waals surface area contributed by atoms with E-state index in [1.165, 1.54) is 0 Å². The lowest BCUT2D eigenvalue weighted by Crippen LogP contribution is -2.02. The molecule has 2 aromatic rings. The maximum absolute atomic E-state index is 11.2. The predicted octanol–water partition coefficient (Wildman–Crippen LogP) is 3.85. The van der Waals surface area contributed by atoms with Crippen LogP contribution in [0.1, 0.15) is 22.8 Å². The van der Waals surface area contributed by atoms with E-state index in [-0.39, 0.29) is 6.79 Å². The third kappa shape index (κ3) is 2.57. The van der Waals surface area contributed by atoms with Crippen molar-refractivity contribution in [3.8, 4) is 5.75 Å². The third-order valence-electron chi connectivity index (χ3n) is 3.02. The van der Waals surface area contributed by atoms with Gasteiger partial charge in [0.25, 0.3) is 0 Å². The Morgan fingerprint density at radius 2 is 2.16 bits per heavy atom. The van der Waals surface area contributed by atoms with Gasteiger partial charge in [-0.2, -0.15) is 0 Å². The average molecular weight is 279 g/mol. The summed E-state index contributed by atoms with van der Waals surface area (Å²) in [5.41, 5.74) is 1.66. The van der Waals surface area contributed by atoms with Gasteiger partial charge >= 0.3 is 0 Å². The highest BCUT2D eigenvalue weighted by molar-refractivity contribution is 6.34. The van der Waals surface area contributed by atoms with Gasteiger partial charge in [-0.3, -0.25) is 4.79 Å². The minimum absolute atomic E-state index is 0.118. The summed E-state index contributed by atoms with van der Waals surface area (Å²) in [5, 5.41) is 2.16. The van der Waals surface area contributed by atoms with Crippen LogP contribution in [0.25, 0.3) is 10.8 Å². The first-order valence-corrected chi connectivity index (χ1v) is 6.41. The first kappa shape index (κ1) is 13.8. The Morgan fingerprint density at radius 3 is 2.79 bits per heavy atom. The van der Waals surface area contributed by atoms with Crippen LogP contribution in [0, 0.1) is 0 Å². The molecule has 19 heavy (non-hydrogen) atoms. The van der Waals surface area contributed by atoms with Crippen molar-refractivity contribution >= 4 is 28.7 Å². The molecule has 100 valence electrons. The third-order valence-corrected chi connectivity index (χ3v) is 3.30. The highest BCUT2D eigenvalue weighted by Gasteiger charge is 2.14. The molecule has 0 unspecified atom stereocenters. The summed E-state index contributed by atoms with van der Waals surface area (Å²) in [5.74, 6) is 0.571. The van der Waals surface area contributed by atoms with E-state index in [1.807, 2.05) is 18.2 Å². The van der Waals surface area contributed by atoms with Crippen LogP contribution in [0.15, 0.2) is 24.3 Å². The fourth-order valence-electron chi connectivity index (χ4n) is 2.16. The van der Waals surface area contributed by atoms with Gasteiger partial charge < -0.3 is 9.47 Å². The van der Waals surface area contributed by atoms with Gasteiger partial charge in [-0.1, -0.05) is 36.7 Å². The maximum atomic E-state index is 11.2. The number of halogens is 1. The fourth-order valence-corrected chi connectivity index (χ4v) is 2.43. The second kappa shape index (κ2) is 6.04. The molecule has 0 aromatic heterocycles. The zero-order chi connectivity index (χ0) is 13.8. The molecule has 0 saturated carbocycles. The van der Waals surface area contributed by atoms with Gasteiger partial charge in [-0.05, 0) is 23.4 Å². The van der Waals surface area contributed by atoms with Crippen molar-refractivity contribution in [1.82, 2.24) is 0 Å².